The van der Waals surface area contributed by atoms with Crippen LogP contribution in [-0.4, -0.2) is 69.7 Å². The fourth-order valence-corrected chi connectivity index (χ4v) is 4.68. The topological polar surface area (TPSA) is 207 Å². The Bertz CT molecular complexity index is 2100. The van der Waals surface area contributed by atoms with Gasteiger partial charge in [0.15, 0.2) is 0 Å². The van der Waals surface area contributed by atoms with E-state index in [-0.39, 0.29) is 17.9 Å². The fourth-order valence-electron chi connectivity index (χ4n) is 4.68. The average molecular weight is 693 g/mol. The van der Waals surface area contributed by atoms with Gasteiger partial charge in [-0.05, 0) is 63.2 Å². The van der Waals surface area contributed by atoms with Crippen LogP contribution in [0, 0.1) is 6.92 Å². The summed E-state index contributed by atoms with van der Waals surface area (Å²) in [4.78, 5) is 47.9. The Morgan fingerprint density at radius 3 is 2.31 bits per heavy atom. The number of anilines is 1. The van der Waals surface area contributed by atoms with Crippen LogP contribution in [-0.2, 0) is 26.2 Å². The number of ether oxygens (including phenoxy) is 3. The molecule has 0 radical (unpaired) electrons. The zero-order valence-electron chi connectivity index (χ0n) is 27.4. The summed E-state index contributed by atoms with van der Waals surface area (Å²) in [6, 6.07) is 18.6. The van der Waals surface area contributed by atoms with Crippen molar-refractivity contribution in [2.24, 2.45) is 5.73 Å². The van der Waals surface area contributed by atoms with E-state index >= 15 is 0 Å². The fraction of sp³-hybridized carbons (Fsp3) is 0.242. The third kappa shape index (κ3) is 9.50. The summed E-state index contributed by atoms with van der Waals surface area (Å²) in [6.45, 7) is 5.00. The lowest BCUT2D eigenvalue weighted by Crippen LogP contribution is -2.34. The van der Waals surface area contributed by atoms with Gasteiger partial charge in [-0.1, -0.05) is 18.2 Å². The second-order valence-corrected chi connectivity index (χ2v) is 12.4. The van der Waals surface area contributed by atoms with E-state index in [2.05, 4.69) is 15.3 Å². The van der Waals surface area contributed by atoms with Gasteiger partial charge in [0, 0.05) is 17.6 Å². The van der Waals surface area contributed by atoms with Crippen LogP contribution in [0.3, 0.4) is 0 Å². The summed E-state index contributed by atoms with van der Waals surface area (Å²) in [5, 5.41) is 3.50. The van der Waals surface area contributed by atoms with Gasteiger partial charge < -0.3 is 25.3 Å². The summed E-state index contributed by atoms with van der Waals surface area (Å²) in [5.41, 5.74) is 6.69. The molecule has 0 spiro atoms. The van der Waals surface area contributed by atoms with E-state index in [1.807, 2.05) is 24.3 Å². The Labute approximate surface area is 282 Å². The maximum absolute atomic E-state index is 13.7. The van der Waals surface area contributed by atoms with E-state index < -0.39 is 39.7 Å². The minimum Gasteiger partial charge on any atom is -0.497 e. The van der Waals surface area contributed by atoms with Crippen molar-refractivity contribution in [3.8, 4) is 22.9 Å². The van der Waals surface area contributed by atoms with Crippen LogP contribution in [0.2, 0.25) is 0 Å². The van der Waals surface area contributed by atoms with E-state index in [1.165, 1.54) is 17.8 Å². The molecule has 3 heterocycles. The number of nitrogens with zero attached hydrogens (tertiary/aromatic N) is 4. The van der Waals surface area contributed by atoms with Crippen molar-refractivity contribution in [3.05, 3.63) is 101 Å². The lowest BCUT2D eigenvalue weighted by Gasteiger charge is -2.19. The van der Waals surface area contributed by atoms with Gasteiger partial charge in [0.2, 0.25) is 0 Å². The second-order valence-electron chi connectivity index (χ2n) is 10.9. The number of carbonyl (C=O) groups excluding carboxylic acids is 2. The molecule has 0 aliphatic carbocycles. The first-order chi connectivity index (χ1) is 23.2. The molecule has 258 valence electrons. The van der Waals surface area contributed by atoms with Crippen molar-refractivity contribution in [1.82, 2.24) is 19.3 Å². The standard InChI is InChI=1S/C32H32N6O6.CH4O3S/c1-19(43-32(41)20(2)33)18-37-21(3)29(31(40)38(37)22-8-6-5-7-9-22)30(39)36-28-13-11-24(17-35-28)44-27-14-15-34-26-16-23(42-4)10-12-25(26)27;1-5(2,3)4/h5-17,19-20H,18,33H2,1-4H3,(H,35,36,39);1H3,(H,2,3,4)/t19-,20+;/m1./s1. The molecule has 0 aliphatic heterocycles. The van der Waals surface area contributed by atoms with Gasteiger partial charge in [0.05, 0.1) is 43.0 Å². The minimum absolute atomic E-state index is 0.0691. The van der Waals surface area contributed by atoms with Gasteiger partial charge in [0.1, 0.15) is 40.8 Å². The molecule has 5 aromatic rings. The average Bonchev–Trinajstić information content (AvgIpc) is 3.29. The maximum atomic E-state index is 13.7. The summed E-state index contributed by atoms with van der Waals surface area (Å²) >= 11 is 0. The third-order valence-corrected chi connectivity index (χ3v) is 6.86. The van der Waals surface area contributed by atoms with Crippen molar-refractivity contribution in [1.29, 1.82) is 0 Å². The number of nitrogens with two attached hydrogens (primary N) is 1. The van der Waals surface area contributed by atoms with Crippen LogP contribution in [0.15, 0.2) is 83.9 Å². The molecule has 0 bridgehead atoms. The first-order valence-corrected chi connectivity index (χ1v) is 16.7. The Morgan fingerprint density at radius 2 is 1.69 bits per heavy atom. The minimum atomic E-state index is -3.67. The van der Waals surface area contributed by atoms with E-state index in [1.54, 1.807) is 74.3 Å². The molecule has 0 aliphatic rings. The number of benzene rings is 2. The van der Waals surface area contributed by atoms with Crippen LogP contribution < -0.4 is 26.1 Å². The molecule has 16 heteroatoms. The zero-order chi connectivity index (χ0) is 35.9. The van der Waals surface area contributed by atoms with Gasteiger partial charge in [-0.15, -0.1) is 0 Å². The largest absolute Gasteiger partial charge is 0.497 e. The molecule has 0 saturated heterocycles. The van der Waals surface area contributed by atoms with Gasteiger partial charge >= 0.3 is 5.97 Å². The normalized spacial score (nSPS) is 12.3. The molecule has 3 aromatic heterocycles. The number of nitrogens with one attached hydrogen (secondary N) is 1. The Kier molecular flexibility index (Phi) is 11.5. The first kappa shape index (κ1) is 36.3. The smallest absolute Gasteiger partial charge is 0.322 e. The van der Waals surface area contributed by atoms with E-state index in [0.717, 1.165) is 5.39 Å². The van der Waals surface area contributed by atoms with Gasteiger partial charge in [0.25, 0.3) is 21.6 Å². The lowest BCUT2D eigenvalue weighted by atomic mass is 10.2. The SMILES string of the molecule is COc1ccc2c(Oc3ccc(NC(=O)c4c(C)n(C[C@@H](C)OC(=O)[C@H](C)N)n(-c5ccccc5)c4=O)nc3)ccnc2c1.CS(=O)(=O)O. The number of amides is 1. The molecule has 1 amide bonds. The lowest BCUT2D eigenvalue weighted by molar-refractivity contribution is -0.150. The number of hydrogen-bond acceptors (Lipinski definition) is 11. The van der Waals surface area contributed by atoms with Crippen LogP contribution in [0.25, 0.3) is 16.6 Å². The van der Waals surface area contributed by atoms with Crippen LogP contribution >= 0.6 is 0 Å². The Balaban J connectivity index is 0.00000101. The number of para-hydroxylation sites is 1. The van der Waals surface area contributed by atoms with Crippen molar-refractivity contribution in [3.63, 3.8) is 0 Å². The van der Waals surface area contributed by atoms with Crippen LogP contribution in [0.4, 0.5) is 5.82 Å². The summed E-state index contributed by atoms with van der Waals surface area (Å²) < 4.78 is 45.6. The monoisotopic (exact) mass is 692 g/mol. The van der Waals surface area contributed by atoms with Crippen LogP contribution in [0.5, 0.6) is 17.2 Å². The third-order valence-electron chi connectivity index (χ3n) is 6.86. The molecule has 15 nitrogen and oxygen atoms in total. The molecule has 5 rings (SSSR count). The molecule has 0 saturated carbocycles. The number of rotatable bonds is 10. The second kappa shape index (κ2) is 15.5. The molecule has 2 aromatic carbocycles. The van der Waals surface area contributed by atoms with E-state index in [0.29, 0.717) is 40.4 Å². The number of hydrogen-bond donors (Lipinski definition) is 3. The quantitative estimate of drug-likeness (QED) is 0.141. The number of fused-ring (bicyclic) bond motifs is 1. The highest BCUT2D eigenvalue weighted by atomic mass is 32.2. The molecule has 0 fully saturated rings. The molecule has 2 atom stereocenters. The number of carbonyl (C=O) groups is 2. The molecular formula is C33H36N6O9S. The van der Waals surface area contributed by atoms with Crippen molar-refractivity contribution < 1.29 is 36.8 Å². The highest BCUT2D eigenvalue weighted by Crippen LogP contribution is 2.30. The molecule has 0 unspecified atom stereocenters. The zero-order valence-corrected chi connectivity index (χ0v) is 28.2. The highest BCUT2D eigenvalue weighted by molar-refractivity contribution is 7.85. The Hall–Kier alpha value is -5.58. The van der Waals surface area contributed by atoms with E-state index in [9.17, 15) is 22.8 Å². The van der Waals surface area contributed by atoms with Gasteiger partial charge in [-0.3, -0.25) is 28.6 Å². The van der Waals surface area contributed by atoms with Crippen LogP contribution in [0.1, 0.15) is 29.9 Å². The van der Waals surface area contributed by atoms with Crippen molar-refractivity contribution >= 4 is 38.7 Å². The Morgan fingerprint density at radius 1 is 1.02 bits per heavy atom. The maximum Gasteiger partial charge on any atom is 0.322 e. The number of esters is 1. The molecule has 4 N–H and O–H groups in total. The van der Waals surface area contributed by atoms with Gasteiger partial charge in [-0.25, -0.2) is 9.67 Å². The van der Waals surface area contributed by atoms with Gasteiger partial charge in [-0.2, -0.15) is 8.42 Å². The predicted octanol–water partition coefficient (Wildman–Crippen LogP) is 3.73. The molecule has 49 heavy (non-hydrogen) atoms. The number of aromatic nitrogens is 4. The first-order valence-electron chi connectivity index (χ1n) is 14.8. The summed E-state index contributed by atoms with van der Waals surface area (Å²) in [7, 11) is -2.08. The van der Waals surface area contributed by atoms with E-state index in [4.69, 9.17) is 24.5 Å². The summed E-state index contributed by atoms with van der Waals surface area (Å²) in [6.07, 6.45) is 3.20. The molecular weight excluding hydrogens is 656 g/mol. The highest BCUT2D eigenvalue weighted by Gasteiger charge is 2.26. The summed E-state index contributed by atoms with van der Waals surface area (Å²) in [5.74, 6) is 0.731. The number of methoxy groups -OCH3 is 1. The van der Waals surface area contributed by atoms with Crippen molar-refractivity contribution in [2.75, 3.05) is 18.7 Å². The van der Waals surface area contributed by atoms with Crippen molar-refractivity contribution in [2.45, 2.75) is 39.5 Å². The predicted molar refractivity (Wildman–Crippen MR) is 182 cm³/mol. The number of pyridine rings is 2.